The standard InChI is InChI=1S/C25H37F3N2O4S/c1-4-6-8-9-10-11-13-22(35(33,34)16-12-7-5-2)24(3,32)23(31)30-20-15-14-19(18-29)21(17-20)25(26,27)28/h14-15,17,22,32H,4-13,16H2,1-3H3,(H,30,31)/t22?,24-/m1/s1. The van der Waals surface area contributed by atoms with E-state index >= 15 is 0 Å². The van der Waals surface area contributed by atoms with Gasteiger partial charge in [-0.3, -0.25) is 4.79 Å². The molecule has 6 nitrogen and oxygen atoms in total. The van der Waals surface area contributed by atoms with E-state index in [1.165, 1.54) is 6.07 Å². The van der Waals surface area contributed by atoms with Crippen molar-refractivity contribution in [2.24, 2.45) is 0 Å². The van der Waals surface area contributed by atoms with Crippen LogP contribution < -0.4 is 5.32 Å². The van der Waals surface area contributed by atoms with E-state index in [-0.39, 0.29) is 17.9 Å². The van der Waals surface area contributed by atoms with E-state index in [4.69, 9.17) is 5.26 Å². The number of carbonyl (C=O) groups excluding carboxylic acids is 1. The second kappa shape index (κ2) is 13.8. The molecule has 2 atom stereocenters. The second-order valence-electron chi connectivity index (χ2n) is 9.09. The van der Waals surface area contributed by atoms with E-state index in [1.807, 2.05) is 6.92 Å². The highest BCUT2D eigenvalue weighted by molar-refractivity contribution is 7.92. The molecule has 0 spiro atoms. The van der Waals surface area contributed by atoms with Crippen LogP contribution in [0, 0.1) is 11.3 Å². The molecule has 0 aliphatic heterocycles. The fourth-order valence-corrected chi connectivity index (χ4v) is 6.20. The van der Waals surface area contributed by atoms with Gasteiger partial charge in [0.2, 0.25) is 0 Å². The number of hydrogen-bond donors (Lipinski definition) is 2. The Morgan fingerprint density at radius 1 is 1.06 bits per heavy atom. The summed E-state index contributed by atoms with van der Waals surface area (Å²) >= 11 is 0. The lowest BCUT2D eigenvalue weighted by Crippen LogP contribution is -2.53. The lowest BCUT2D eigenvalue weighted by molar-refractivity contribution is -0.138. The summed E-state index contributed by atoms with van der Waals surface area (Å²) in [6, 6.07) is 4.09. The molecule has 0 radical (unpaired) electrons. The average Bonchev–Trinajstić information content (AvgIpc) is 2.77. The fraction of sp³-hybridized carbons (Fsp3) is 0.680. The topological polar surface area (TPSA) is 107 Å². The molecule has 1 aromatic rings. The molecule has 0 bridgehead atoms. The van der Waals surface area contributed by atoms with E-state index in [2.05, 4.69) is 12.2 Å². The smallest absolute Gasteiger partial charge is 0.379 e. The van der Waals surface area contributed by atoms with Crippen molar-refractivity contribution in [3.63, 3.8) is 0 Å². The summed E-state index contributed by atoms with van der Waals surface area (Å²) in [5, 5.41) is 20.9. The Morgan fingerprint density at radius 2 is 1.63 bits per heavy atom. The lowest BCUT2D eigenvalue weighted by atomic mass is 9.95. The monoisotopic (exact) mass is 518 g/mol. The van der Waals surface area contributed by atoms with Gasteiger partial charge in [-0.2, -0.15) is 18.4 Å². The van der Waals surface area contributed by atoms with Gasteiger partial charge < -0.3 is 10.4 Å². The van der Waals surface area contributed by atoms with Crippen LogP contribution in [0.4, 0.5) is 18.9 Å². The molecule has 198 valence electrons. The first-order chi connectivity index (χ1) is 16.3. The Kier molecular flexibility index (Phi) is 12.2. The number of nitriles is 1. The summed E-state index contributed by atoms with van der Waals surface area (Å²) in [6.07, 6.45) is 2.45. The number of aliphatic hydroxyl groups is 1. The van der Waals surface area contributed by atoms with Crippen molar-refractivity contribution in [1.82, 2.24) is 0 Å². The van der Waals surface area contributed by atoms with Crippen LogP contribution in [0.15, 0.2) is 18.2 Å². The predicted molar refractivity (Wildman–Crippen MR) is 131 cm³/mol. The summed E-state index contributed by atoms with van der Waals surface area (Å²) in [5.41, 5.74) is -4.49. The van der Waals surface area contributed by atoms with E-state index in [1.54, 1.807) is 0 Å². The molecule has 35 heavy (non-hydrogen) atoms. The molecule has 0 heterocycles. The summed E-state index contributed by atoms with van der Waals surface area (Å²) in [5.74, 6) is -1.29. The number of halogens is 3. The number of benzene rings is 1. The van der Waals surface area contributed by atoms with Crippen molar-refractivity contribution < 1.29 is 31.5 Å². The van der Waals surface area contributed by atoms with Crippen LogP contribution in [0.2, 0.25) is 0 Å². The molecule has 10 heteroatoms. The molecule has 0 aliphatic carbocycles. The molecule has 1 rings (SSSR count). The number of amides is 1. The molecule has 2 N–H and O–H groups in total. The zero-order chi connectivity index (χ0) is 26.7. The number of rotatable bonds is 15. The van der Waals surface area contributed by atoms with Crippen LogP contribution in [0.25, 0.3) is 0 Å². The Morgan fingerprint density at radius 3 is 2.20 bits per heavy atom. The Hall–Kier alpha value is -2.12. The minimum Gasteiger partial charge on any atom is -0.379 e. The van der Waals surface area contributed by atoms with Crippen molar-refractivity contribution in [3.8, 4) is 6.07 Å². The number of hydrogen-bond acceptors (Lipinski definition) is 5. The zero-order valence-corrected chi connectivity index (χ0v) is 21.6. The molecule has 0 aromatic heterocycles. The minimum atomic E-state index is -4.82. The number of sulfone groups is 1. The first kappa shape index (κ1) is 30.9. The number of alkyl halides is 3. The quantitative estimate of drug-likeness (QED) is 0.277. The molecule has 0 saturated heterocycles. The maximum atomic E-state index is 13.3. The van der Waals surface area contributed by atoms with Gasteiger partial charge in [0.05, 0.1) is 28.2 Å². The van der Waals surface area contributed by atoms with Gasteiger partial charge in [-0.25, -0.2) is 8.42 Å². The van der Waals surface area contributed by atoms with E-state index in [0.29, 0.717) is 25.3 Å². The van der Waals surface area contributed by atoms with Gasteiger partial charge in [-0.05, 0) is 38.0 Å². The minimum absolute atomic E-state index is 0.0716. The average molecular weight is 519 g/mol. The van der Waals surface area contributed by atoms with Crippen LogP contribution in [0.3, 0.4) is 0 Å². The highest BCUT2D eigenvalue weighted by atomic mass is 32.2. The molecule has 0 saturated carbocycles. The summed E-state index contributed by atoms with van der Waals surface area (Å²) < 4.78 is 66.1. The van der Waals surface area contributed by atoms with Crippen molar-refractivity contribution in [2.45, 2.75) is 102 Å². The number of anilines is 1. The maximum Gasteiger partial charge on any atom is 0.417 e. The van der Waals surface area contributed by atoms with Gasteiger partial charge in [0.15, 0.2) is 15.4 Å². The largest absolute Gasteiger partial charge is 0.417 e. The lowest BCUT2D eigenvalue weighted by Gasteiger charge is -2.31. The Balaban J connectivity index is 3.14. The van der Waals surface area contributed by atoms with Crippen molar-refractivity contribution in [3.05, 3.63) is 29.3 Å². The normalized spacial score (nSPS) is 14.7. The van der Waals surface area contributed by atoms with E-state index < -0.39 is 43.9 Å². The molecular formula is C25H37F3N2O4S. The van der Waals surface area contributed by atoms with Crippen LogP contribution in [-0.2, 0) is 20.8 Å². The summed E-state index contributed by atoms with van der Waals surface area (Å²) in [6.45, 7) is 5.10. The van der Waals surface area contributed by atoms with Gasteiger partial charge in [0.1, 0.15) is 0 Å². The zero-order valence-electron chi connectivity index (χ0n) is 20.7. The van der Waals surface area contributed by atoms with E-state index in [0.717, 1.165) is 57.6 Å². The van der Waals surface area contributed by atoms with Gasteiger partial charge in [-0.1, -0.05) is 65.2 Å². The first-order valence-corrected chi connectivity index (χ1v) is 13.9. The highest BCUT2D eigenvalue weighted by Gasteiger charge is 2.46. The number of nitrogens with zero attached hydrogens (tertiary/aromatic N) is 1. The fourth-order valence-electron chi connectivity index (χ4n) is 3.97. The maximum absolute atomic E-state index is 13.3. The predicted octanol–water partition coefficient (Wildman–Crippen LogP) is 5.99. The molecule has 1 aromatic carbocycles. The van der Waals surface area contributed by atoms with Crippen LogP contribution >= 0.6 is 0 Å². The molecule has 1 amide bonds. The van der Waals surface area contributed by atoms with Gasteiger partial charge in [0.25, 0.3) is 5.91 Å². The molecule has 0 aliphatic rings. The number of carbonyl (C=O) groups is 1. The van der Waals surface area contributed by atoms with Gasteiger partial charge in [0, 0.05) is 5.69 Å². The Labute approximate surface area is 206 Å². The third-order valence-corrected chi connectivity index (χ3v) is 8.50. The van der Waals surface area contributed by atoms with Crippen LogP contribution in [0.1, 0.15) is 96.1 Å². The third kappa shape index (κ3) is 9.45. The molecule has 1 unspecified atom stereocenters. The summed E-state index contributed by atoms with van der Waals surface area (Å²) in [4.78, 5) is 13.0. The van der Waals surface area contributed by atoms with E-state index in [9.17, 15) is 31.5 Å². The van der Waals surface area contributed by atoms with Gasteiger partial charge >= 0.3 is 6.18 Å². The number of nitrogens with one attached hydrogen (secondary N) is 1. The van der Waals surface area contributed by atoms with Crippen molar-refractivity contribution in [2.75, 3.05) is 11.1 Å². The molecular weight excluding hydrogens is 481 g/mol. The van der Waals surface area contributed by atoms with Crippen molar-refractivity contribution >= 4 is 21.4 Å². The van der Waals surface area contributed by atoms with Crippen LogP contribution in [0.5, 0.6) is 0 Å². The molecule has 0 fully saturated rings. The second-order valence-corrected chi connectivity index (χ2v) is 11.4. The van der Waals surface area contributed by atoms with Crippen LogP contribution in [-0.4, -0.2) is 36.0 Å². The first-order valence-electron chi connectivity index (χ1n) is 12.2. The van der Waals surface area contributed by atoms with Crippen molar-refractivity contribution in [1.29, 1.82) is 5.26 Å². The number of unbranched alkanes of at least 4 members (excludes halogenated alkanes) is 7. The SMILES string of the molecule is CCCCCCCCC([C@@](C)(O)C(=O)Nc1ccc(C#N)c(C(F)(F)F)c1)S(=O)(=O)CCCCC. The Bertz CT molecular complexity index is 970. The van der Waals surface area contributed by atoms with Gasteiger partial charge in [-0.15, -0.1) is 0 Å². The summed E-state index contributed by atoms with van der Waals surface area (Å²) in [7, 11) is -3.86. The third-order valence-electron chi connectivity index (χ3n) is 6.08. The highest BCUT2D eigenvalue weighted by Crippen LogP contribution is 2.34.